The van der Waals surface area contributed by atoms with Gasteiger partial charge in [0.15, 0.2) is 0 Å². The maximum Gasteiger partial charge on any atom is -0.00561 e. The van der Waals surface area contributed by atoms with E-state index in [0.29, 0.717) is 0 Å². The molecule has 0 spiro atoms. The van der Waals surface area contributed by atoms with Crippen LogP contribution in [0.1, 0.15) is 23.6 Å². The summed E-state index contributed by atoms with van der Waals surface area (Å²) < 4.78 is 0. The van der Waals surface area contributed by atoms with E-state index in [9.17, 15) is 0 Å². The SMILES string of the molecule is C=C(C)c1c(C)cccc1/C=C\N. The van der Waals surface area contributed by atoms with Crippen LogP contribution in [-0.4, -0.2) is 0 Å². The Labute approximate surface area is 79.6 Å². The summed E-state index contributed by atoms with van der Waals surface area (Å²) >= 11 is 0. The van der Waals surface area contributed by atoms with E-state index in [2.05, 4.69) is 19.6 Å². The van der Waals surface area contributed by atoms with Gasteiger partial charge >= 0.3 is 0 Å². The van der Waals surface area contributed by atoms with Crippen molar-refractivity contribution in [3.63, 3.8) is 0 Å². The fraction of sp³-hybridized carbons (Fsp3) is 0.167. The second-order valence-electron chi connectivity index (χ2n) is 3.18. The Morgan fingerprint density at radius 2 is 2.15 bits per heavy atom. The Bertz CT molecular complexity index is 348. The molecular weight excluding hydrogens is 158 g/mol. The van der Waals surface area contributed by atoms with Crippen molar-refractivity contribution < 1.29 is 0 Å². The third-order valence-corrected chi connectivity index (χ3v) is 2.01. The predicted octanol–water partition coefficient (Wildman–Crippen LogP) is 2.96. The van der Waals surface area contributed by atoms with Gasteiger partial charge in [0, 0.05) is 0 Å². The van der Waals surface area contributed by atoms with Gasteiger partial charge in [0.1, 0.15) is 0 Å². The standard InChI is InChI=1S/C12H15N/c1-9(2)12-10(3)5-4-6-11(12)7-8-13/h4-8H,1,13H2,2-3H3/b8-7-. The van der Waals surface area contributed by atoms with Gasteiger partial charge < -0.3 is 5.73 Å². The van der Waals surface area contributed by atoms with Crippen molar-refractivity contribution in [2.75, 3.05) is 0 Å². The molecule has 0 bridgehead atoms. The zero-order valence-corrected chi connectivity index (χ0v) is 8.17. The first-order valence-electron chi connectivity index (χ1n) is 4.30. The Balaban J connectivity index is 3.34. The lowest BCUT2D eigenvalue weighted by Gasteiger charge is -2.08. The number of hydrogen-bond donors (Lipinski definition) is 1. The molecule has 0 heterocycles. The molecule has 68 valence electrons. The first-order valence-corrected chi connectivity index (χ1v) is 4.30. The molecular formula is C12H15N. The average Bonchev–Trinajstić information content (AvgIpc) is 2.04. The Morgan fingerprint density at radius 1 is 1.46 bits per heavy atom. The summed E-state index contributed by atoms with van der Waals surface area (Å²) in [7, 11) is 0. The molecule has 0 fully saturated rings. The van der Waals surface area contributed by atoms with Crippen LogP contribution in [0.3, 0.4) is 0 Å². The molecule has 0 aromatic heterocycles. The molecule has 1 rings (SSSR count). The van der Waals surface area contributed by atoms with Crippen LogP contribution >= 0.6 is 0 Å². The number of aryl methyl sites for hydroxylation is 1. The number of rotatable bonds is 2. The molecule has 0 radical (unpaired) electrons. The van der Waals surface area contributed by atoms with Crippen LogP contribution in [0.15, 0.2) is 31.0 Å². The maximum absolute atomic E-state index is 5.37. The highest BCUT2D eigenvalue weighted by Gasteiger charge is 2.02. The van der Waals surface area contributed by atoms with E-state index < -0.39 is 0 Å². The van der Waals surface area contributed by atoms with E-state index >= 15 is 0 Å². The van der Waals surface area contributed by atoms with Crippen LogP contribution in [0.5, 0.6) is 0 Å². The molecule has 1 aromatic rings. The molecule has 0 atom stereocenters. The second-order valence-corrected chi connectivity index (χ2v) is 3.18. The van der Waals surface area contributed by atoms with Gasteiger partial charge in [0.05, 0.1) is 0 Å². The van der Waals surface area contributed by atoms with Crippen molar-refractivity contribution in [1.82, 2.24) is 0 Å². The Kier molecular flexibility index (Phi) is 2.91. The second kappa shape index (κ2) is 3.94. The Morgan fingerprint density at radius 3 is 2.69 bits per heavy atom. The van der Waals surface area contributed by atoms with Gasteiger partial charge in [-0.3, -0.25) is 0 Å². The molecule has 0 saturated carbocycles. The highest BCUT2D eigenvalue weighted by Crippen LogP contribution is 2.22. The monoisotopic (exact) mass is 173 g/mol. The van der Waals surface area contributed by atoms with Crippen molar-refractivity contribution in [1.29, 1.82) is 0 Å². The van der Waals surface area contributed by atoms with E-state index in [0.717, 1.165) is 11.1 Å². The lowest BCUT2D eigenvalue weighted by molar-refractivity contribution is 1.39. The van der Waals surface area contributed by atoms with Gasteiger partial charge in [-0.05, 0) is 42.8 Å². The summed E-state index contributed by atoms with van der Waals surface area (Å²) in [4.78, 5) is 0. The zero-order chi connectivity index (χ0) is 9.84. The van der Waals surface area contributed by atoms with Crippen LogP contribution in [-0.2, 0) is 0 Å². The lowest BCUT2D eigenvalue weighted by atomic mass is 9.97. The minimum Gasteiger partial charge on any atom is -0.405 e. The van der Waals surface area contributed by atoms with E-state index in [1.54, 1.807) is 6.20 Å². The molecule has 1 nitrogen and oxygen atoms in total. The average molecular weight is 173 g/mol. The first-order chi connectivity index (χ1) is 6.16. The predicted molar refractivity (Wildman–Crippen MR) is 59.1 cm³/mol. The van der Waals surface area contributed by atoms with Crippen molar-refractivity contribution >= 4 is 11.6 Å². The fourth-order valence-corrected chi connectivity index (χ4v) is 1.52. The van der Waals surface area contributed by atoms with Gasteiger partial charge in [-0.2, -0.15) is 0 Å². The van der Waals surface area contributed by atoms with Crippen molar-refractivity contribution in [2.24, 2.45) is 5.73 Å². The molecule has 0 unspecified atom stereocenters. The fourth-order valence-electron chi connectivity index (χ4n) is 1.52. The molecule has 1 heteroatoms. The highest BCUT2D eigenvalue weighted by molar-refractivity contribution is 5.74. The highest BCUT2D eigenvalue weighted by atomic mass is 14.5. The number of nitrogens with two attached hydrogens (primary N) is 1. The quantitative estimate of drug-likeness (QED) is 0.731. The number of allylic oxidation sites excluding steroid dienone is 1. The van der Waals surface area contributed by atoms with Crippen LogP contribution in [0, 0.1) is 6.92 Å². The summed E-state index contributed by atoms with van der Waals surface area (Å²) in [6.07, 6.45) is 3.46. The summed E-state index contributed by atoms with van der Waals surface area (Å²) in [5, 5.41) is 0. The molecule has 13 heavy (non-hydrogen) atoms. The normalized spacial score (nSPS) is 10.6. The third kappa shape index (κ3) is 2.00. The minimum atomic E-state index is 1.08. The van der Waals surface area contributed by atoms with E-state index in [-0.39, 0.29) is 0 Å². The summed E-state index contributed by atoms with van der Waals surface area (Å²) in [6.45, 7) is 8.05. The van der Waals surface area contributed by atoms with Crippen LogP contribution in [0.25, 0.3) is 11.6 Å². The molecule has 0 aliphatic carbocycles. The molecule has 2 N–H and O–H groups in total. The summed E-state index contributed by atoms with van der Waals surface area (Å²) in [5.74, 6) is 0. The molecule has 0 amide bonds. The van der Waals surface area contributed by atoms with Gasteiger partial charge in [-0.15, -0.1) is 0 Å². The minimum absolute atomic E-state index is 1.08. The number of benzene rings is 1. The van der Waals surface area contributed by atoms with Crippen LogP contribution in [0.2, 0.25) is 0 Å². The van der Waals surface area contributed by atoms with Crippen molar-refractivity contribution in [3.8, 4) is 0 Å². The zero-order valence-electron chi connectivity index (χ0n) is 8.17. The third-order valence-electron chi connectivity index (χ3n) is 2.01. The van der Waals surface area contributed by atoms with Gasteiger partial charge in [0.25, 0.3) is 0 Å². The summed E-state index contributed by atoms with van der Waals surface area (Å²) in [6, 6.07) is 6.15. The summed E-state index contributed by atoms with van der Waals surface area (Å²) in [5.41, 5.74) is 10.0. The Hall–Kier alpha value is -1.50. The topological polar surface area (TPSA) is 26.0 Å². The van der Waals surface area contributed by atoms with E-state index in [4.69, 9.17) is 5.73 Å². The van der Waals surface area contributed by atoms with E-state index in [1.807, 2.05) is 25.1 Å². The lowest BCUT2D eigenvalue weighted by Crippen LogP contribution is -1.90. The van der Waals surface area contributed by atoms with Crippen molar-refractivity contribution in [3.05, 3.63) is 47.7 Å². The molecule has 0 aliphatic heterocycles. The van der Waals surface area contributed by atoms with Crippen LogP contribution in [0.4, 0.5) is 0 Å². The maximum atomic E-state index is 5.37. The molecule has 0 aliphatic rings. The van der Waals surface area contributed by atoms with Gasteiger partial charge in [-0.25, -0.2) is 0 Å². The van der Waals surface area contributed by atoms with Crippen LogP contribution < -0.4 is 5.73 Å². The smallest absolute Gasteiger partial charge is 0.00561 e. The largest absolute Gasteiger partial charge is 0.405 e. The van der Waals surface area contributed by atoms with E-state index in [1.165, 1.54) is 11.1 Å². The van der Waals surface area contributed by atoms with Gasteiger partial charge in [0.2, 0.25) is 0 Å². The molecule has 1 aromatic carbocycles. The van der Waals surface area contributed by atoms with Gasteiger partial charge in [-0.1, -0.05) is 30.4 Å². The van der Waals surface area contributed by atoms with Crippen molar-refractivity contribution in [2.45, 2.75) is 13.8 Å². The first kappa shape index (κ1) is 9.59. The molecule has 0 saturated heterocycles. The number of hydrogen-bond acceptors (Lipinski definition) is 1.